The summed E-state index contributed by atoms with van der Waals surface area (Å²) >= 11 is 0. The zero-order valence-corrected chi connectivity index (χ0v) is 33.9. The number of benzene rings is 6. The fourth-order valence-electron chi connectivity index (χ4n) is 6.87. The third-order valence-electron chi connectivity index (χ3n) is 9.41. The zero-order chi connectivity index (χ0) is 34.7. The average molecular weight is 793 g/mol. The molecular formula is C44H40S7. The standard InChI is InChI=1S/C44H40S7/c1-8-22-36(23-9-1)43(37-24-10-2-11-25-37,38-26-12-3-13-27-38)47-49-45-42(34-20-7-21-35-42)46-50-51-48-44(39-28-14-4-15-29-39,40-30-16-5-17-31-40)41-32-18-6-19-33-41/h1-6,8-19,22-33H,7,20-21,34-35H2. The second-order valence-corrected chi connectivity index (χ2v) is 23.6. The van der Waals surface area contributed by atoms with Gasteiger partial charge in [-0.1, -0.05) is 244 Å². The molecule has 0 spiro atoms. The summed E-state index contributed by atoms with van der Waals surface area (Å²) in [6.07, 6.45) is 6.35. The van der Waals surface area contributed by atoms with E-state index in [-0.39, 0.29) is 13.6 Å². The summed E-state index contributed by atoms with van der Waals surface area (Å²) in [4.78, 5) is 0. The highest BCUT2D eigenvalue weighted by Crippen LogP contribution is 2.67. The van der Waals surface area contributed by atoms with E-state index in [1.165, 1.54) is 65.5 Å². The van der Waals surface area contributed by atoms with Crippen LogP contribution in [0.5, 0.6) is 0 Å². The second-order valence-electron chi connectivity index (χ2n) is 12.6. The lowest BCUT2D eigenvalue weighted by molar-refractivity contribution is 0.494. The monoisotopic (exact) mass is 792 g/mol. The van der Waals surface area contributed by atoms with E-state index in [1.807, 2.05) is 51.1 Å². The first-order valence-corrected chi connectivity index (χ1v) is 25.6. The van der Waals surface area contributed by atoms with Crippen LogP contribution in [0.4, 0.5) is 0 Å². The Labute approximate surface area is 330 Å². The van der Waals surface area contributed by atoms with Gasteiger partial charge in [-0.2, -0.15) is 0 Å². The van der Waals surface area contributed by atoms with E-state index in [1.54, 1.807) is 0 Å². The molecule has 1 aliphatic rings. The zero-order valence-electron chi connectivity index (χ0n) is 28.2. The number of hydrogen-bond acceptors (Lipinski definition) is 7. The maximum absolute atomic E-state index is 2.30. The van der Waals surface area contributed by atoms with Crippen molar-refractivity contribution in [2.75, 3.05) is 0 Å². The van der Waals surface area contributed by atoms with Crippen LogP contribution >= 0.6 is 72.7 Å². The quantitative estimate of drug-likeness (QED) is 0.0434. The first kappa shape index (κ1) is 37.1. The Bertz CT molecular complexity index is 1690. The Hall–Kier alpha value is -2.23. The minimum atomic E-state index is -0.333. The lowest BCUT2D eigenvalue weighted by atomic mass is 9.84. The molecule has 7 rings (SSSR count). The summed E-state index contributed by atoms with van der Waals surface area (Å²) in [5.74, 6) is 0. The Morgan fingerprint density at radius 2 is 0.588 bits per heavy atom. The fourth-order valence-corrected chi connectivity index (χ4v) is 23.1. The third-order valence-corrected chi connectivity index (χ3v) is 23.1. The van der Waals surface area contributed by atoms with Gasteiger partial charge < -0.3 is 0 Å². The van der Waals surface area contributed by atoms with Gasteiger partial charge in [0.1, 0.15) is 9.49 Å². The molecule has 0 unspecified atom stereocenters. The molecule has 0 atom stereocenters. The highest BCUT2D eigenvalue weighted by molar-refractivity contribution is 9.27. The largest absolute Gasteiger partial charge is 0.102 e. The molecule has 0 aliphatic heterocycles. The molecule has 0 aromatic heterocycles. The Balaban J connectivity index is 1.14. The van der Waals surface area contributed by atoms with E-state index >= 15 is 0 Å². The lowest BCUT2D eigenvalue weighted by Gasteiger charge is -2.38. The van der Waals surface area contributed by atoms with E-state index in [9.17, 15) is 0 Å². The van der Waals surface area contributed by atoms with Gasteiger partial charge in [-0.05, 0) is 75.7 Å². The van der Waals surface area contributed by atoms with Gasteiger partial charge in [0, 0.05) is 0 Å². The Morgan fingerprint density at radius 1 is 0.314 bits per heavy atom. The molecule has 0 radical (unpaired) electrons. The van der Waals surface area contributed by atoms with Crippen LogP contribution in [-0.4, -0.2) is 4.08 Å². The van der Waals surface area contributed by atoms with Crippen molar-refractivity contribution in [2.24, 2.45) is 0 Å². The molecule has 0 heterocycles. The van der Waals surface area contributed by atoms with E-state index in [4.69, 9.17) is 0 Å². The summed E-state index contributed by atoms with van der Waals surface area (Å²) in [5.41, 5.74) is 7.85. The first-order valence-electron chi connectivity index (χ1n) is 17.3. The van der Waals surface area contributed by atoms with Gasteiger partial charge in [0.2, 0.25) is 0 Å². The van der Waals surface area contributed by atoms with Gasteiger partial charge in [-0.15, -0.1) is 0 Å². The molecule has 0 amide bonds. The van der Waals surface area contributed by atoms with Crippen LogP contribution in [0.3, 0.4) is 0 Å². The molecule has 0 bridgehead atoms. The molecule has 1 saturated carbocycles. The summed E-state index contributed by atoms with van der Waals surface area (Å²) in [6, 6.07) is 66.4. The predicted octanol–water partition coefficient (Wildman–Crippen LogP) is 15.3. The number of hydrogen-bond donors (Lipinski definition) is 0. The molecular weight excluding hydrogens is 753 g/mol. The van der Waals surface area contributed by atoms with Gasteiger partial charge in [0.15, 0.2) is 0 Å². The van der Waals surface area contributed by atoms with Crippen molar-refractivity contribution in [1.29, 1.82) is 0 Å². The highest BCUT2D eigenvalue weighted by atomic mass is 33.7. The van der Waals surface area contributed by atoms with Crippen LogP contribution in [-0.2, 0) is 9.49 Å². The van der Waals surface area contributed by atoms with E-state index in [2.05, 4.69) is 204 Å². The van der Waals surface area contributed by atoms with Crippen molar-refractivity contribution in [3.8, 4) is 0 Å². The summed E-state index contributed by atoms with van der Waals surface area (Å²) in [7, 11) is 14.1. The van der Waals surface area contributed by atoms with Gasteiger partial charge >= 0.3 is 0 Å². The molecule has 258 valence electrons. The van der Waals surface area contributed by atoms with Crippen molar-refractivity contribution in [3.63, 3.8) is 0 Å². The predicted molar refractivity (Wildman–Crippen MR) is 237 cm³/mol. The molecule has 1 aliphatic carbocycles. The van der Waals surface area contributed by atoms with Crippen LogP contribution in [0.1, 0.15) is 65.5 Å². The van der Waals surface area contributed by atoms with Crippen LogP contribution in [0.15, 0.2) is 182 Å². The van der Waals surface area contributed by atoms with Gasteiger partial charge in [0.25, 0.3) is 0 Å². The van der Waals surface area contributed by atoms with Crippen molar-refractivity contribution in [1.82, 2.24) is 0 Å². The van der Waals surface area contributed by atoms with E-state index < -0.39 is 0 Å². The molecule has 7 heteroatoms. The van der Waals surface area contributed by atoms with Crippen LogP contribution in [0.2, 0.25) is 0 Å². The molecule has 6 aromatic rings. The van der Waals surface area contributed by atoms with Crippen LogP contribution in [0, 0.1) is 0 Å². The lowest BCUT2D eigenvalue weighted by Crippen LogP contribution is -2.25. The summed E-state index contributed by atoms with van der Waals surface area (Å²) in [6.45, 7) is 0. The smallest absolute Gasteiger partial charge is 0.0637 e. The summed E-state index contributed by atoms with van der Waals surface area (Å²) in [5, 5.41) is 0. The van der Waals surface area contributed by atoms with Crippen molar-refractivity contribution in [3.05, 3.63) is 215 Å². The van der Waals surface area contributed by atoms with E-state index in [0.717, 1.165) is 0 Å². The minimum Gasteiger partial charge on any atom is -0.0637 e. The Morgan fingerprint density at radius 3 is 0.902 bits per heavy atom. The third kappa shape index (κ3) is 8.46. The van der Waals surface area contributed by atoms with Gasteiger partial charge in [-0.3, -0.25) is 0 Å². The molecule has 1 fully saturated rings. The van der Waals surface area contributed by atoms with Gasteiger partial charge in [-0.25, -0.2) is 0 Å². The first-order chi connectivity index (χ1) is 25.3. The molecule has 6 aromatic carbocycles. The maximum atomic E-state index is 2.30. The molecule has 0 N–H and O–H groups in total. The SMILES string of the molecule is c1ccc(C(SSSSC2(SSSC(c3ccccc3)(c3ccccc3)c3ccccc3)CCCCC2)(c2ccccc2)c2ccccc2)cc1. The van der Waals surface area contributed by atoms with Crippen LogP contribution < -0.4 is 0 Å². The van der Waals surface area contributed by atoms with Crippen LogP contribution in [0.25, 0.3) is 0 Å². The topological polar surface area (TPSA) is 0 Å². The Kier molecular flexibility index (Phi) is 13.2. The maximum Gasteiger partial charge on any atom is 0.102 e. The van der Waals surface area contributed by atoms with Gasteiger partial charge in [0.05, 0.1) is 4.08 Å². The minimum absolute atomic E-state index is 0.138. The normalized spacial score (nSPS) is 14.6. The molecule has 51 heavy (non-hydrogen) atoms. The molecule has 0 saturated heterocycles. The van der Waals surface area contributed by atoms with Crippen molar-refractivity contribution < 1.29 is 0 Å². The summed E-state index contributed by atoms with van der Waals surface area (Å²) < 4.78 is -0.528. The van der Waals surface area contributed by atoms with E-state index in [0.29, 0.717) is 0 Å². The average Bonchev–Trinajstić information content (AvgIpc) is 3.22. The van der Waals surface area contributed by atoms with Crippen molar-refractivity contribution >= 4 is 72.7 Å². The molecule has 0 nitrogen and oxygen atoms in total. The fraction of sp³-hybridized carbons (Fsp3) is 0.182. The number of rotatable bonds is 15. The highest BCUT2D eigenvalue weighted by Gasteiger charge is 2.42. The second kappa shape index (κ2) is 18.2. The van der Waals surface area contributed by atoms with Crippen molar-refractivity contribution in [2.45, 2.75) is 45.7 Å².